The van der Waals surface area contributed by atoms with E-state index in [9.17, 15) is 46.1 Å². The number of allylic oxidation sites excluding steroid dienone is 4. The maximum absolute atomic E-state index is 12.4. The molecule has 0 radical (unpaired) electrons. The molecule has 0 aliphatic carbocycles. The Labute approximate surface area is 467 Å². The fourth-order valence-corrected chi connectivity index (χ4v) is 11.1. The summed E-state index contributed by atoms with van der Waals surface area (Å²) in [6.45, 7) is 22.0. The zero-order valence-electron chi connectivity index (χ0n) is 43.8. The van der Waals surface area contributed by atoms with Crippen LogP contribution in [0, 0.1) is 35.8 Å². The van der Waals surface area contributed by atoms with Gasteiger partial charge < -0.3 is 33.0 Å². The monoisotopic (exact) mass is 1130 g/mol. The number of fused-ring (bicyclic) bond motifs is 4. The Bertz CT molecular complexity index is 3990. The van der Waals surface area contributed by atoms with E-state index in [1.165, 1.54) is 68.9 Å². The number of carbonyl (C=O) groups is 2. The van der Waals surface area contributed by atoms with Gasteiger partial charge in [0.25, 0.3) is 11.4 Å². The van der Waals surface area contributed by atoms with Crippen LogP contribution < -0.4 is 24.8 Å². The third kappa shape index (κ3) is 12.1. The number of anilines is 1. The Kier molecular flexibility index (Phi) is 17.5. The minimum absolute atomic E-state index is 0.0588. The number of carbonyl (C=O) groups excluding carboxylic acids is 2. The highest BCUT2D eigenvalue weighted by atomic mass is 35.5. The lowest BCUT2D eigenvalue weighted by Crippen LogP contribution is -2.26. The highest BCUT2D eigenvalue weighted by Crippen LogP contribution is 2.48. The molecule has 80 heavy (non-hydrogen) atoms. The molecule has 0 saturated heterocycles. The quantitative estimate of drug-likeness (QED) is 0.0326. The maximum Gasteiger partial charge on any atom is 0.339 e. The zero-order chi connectivity index (χ0) is 58.3. The highest BCUT2D eigenvalue weighted by molar-refractivity contribution is 7.86. The van der Waals surface area contributed by atoms with Crippen LogP contribution in [0.1, 0.15) is 59.5 Å². The van der Waals surface area contributed by atoms with Crippen molar-refractivity contribution in [2.45, 2.75) is 48.3 Å². The topological polar surface area (TPSA) is 248 Å². The molecule has 0 fully saturated rings. The molecule has 8 rings (SSSR count). The van der Waals surface area contributed by atoms with Gasteiger partial charge in [0, 0.05) is 50.9 Å². The van der Waals surface area contributed by atoms with Gasteiger partial charge in [-0.2, -0.15) is 4.58 Å². The summed E-state index contributed by atoms with van der Waals surface area (Å²) < 4.78 is 92.3. The second-order valence-corrected chi connectivity index (χ2v) is 22.0. The number of ether oxygens (including phenoxy) is 4. The molecular weight excluding hydrogens is 1080 g/mol. The largest absolute Gasteiger partial charge is 0.744 e. The highest BCUT2D eigenvalue weighted by Gasteiger charge is 2.44. The van der Waals surface area contributed by atoms with Crippen molar-refractivity contribution in [2.75, 3.05) is 45.4 Å². The molecule has 18 nitrogen and oxygen atoms in total. The van der Waals surface area contributed by atoms with Gasteiger partial charge in [-0.15, -0.1) is 0 Å². The van der Waals surface area contributed by atoms with E-state index in [0.29, 0.717) is 0 Å². The number of nitrogens with zero attached hydrogens (tertiary/aromatic N) is 6. The first-order valence-corrected chi connectivity index (χ1v) is 27.3. The summed E-state index contributed by atoms with van der Waals surface area (Å²) in [6.07, 6.45) is 6.75. The number of nitriles is 2. The Hall–Kier alpha value is -9.12. The lowest BCUT2D eigenvalue weighted by atomic mass is 9.80. The molecule has 6 aromatic carbocycles. The molecular formula is C59H48ClN6O12S2-. The first-order chi connectivity index (χ1) is 37.9. The molecule has 406 valence electrons. The van der Waals surface area contributed by atoms with E-state index in [-0.39, 0.29) is 32.8 Å². The van der Waals surface area contributed by atoms with E-state index < -0.39 is 90.9 Å². The molecule has 21 heteroatoms. The molecule has 6 aromatic rings. The molecule has 0 saturated carbocycles. The summed E-state index contributed by atoms with van der Waals surface area (Å²) in [5.74, 6) is -2.75. The van der Waals surface area contributed by atoms with Crippen LogP contribution in [0.25, 0.3) is 31.9 Å². The molecule has 0 amide bonds. The molecule has 0 spiro atoms. The lowest BCUT2D eigenvalue weighted by molar-refractivity contribution is -0.399. The number of rotatable bonds is 14. The standard InChI is InChI=1S/C30H20N4O12S2.C29H30ClN2/c1-33-23(17-31)21-15-26(44-12-14-46-30(36)20-8-4-6-10-28(20)48(40,41)42)22(24(18-32)34-2)16-25(21)43-11-13-45-29(35)19-7-3-5-9-27(19)47(37,38)39;1-28(2)22-16-14-19-10-7-8-11-21(19)27(22)32(6)26(28)13-9-12-25-29(3,4)23-18-20(30)15-17-24(23)31(25)5/h3-10,15-16H,11-14H2,(H,37,38,39)(H,40,41,42);7-18H,1-6H3/q;+1/p-2/b23-21-,24-22+;. The van der Waals surface area contributed by atoms with Crippen molar-refractivity contribution in [1.29, 1.82) is 10.5 Å². The van der Waals surface area contributed by atoms with Gasteiger partial charge in [-0.25, -0.2) is 46.6 Å². The maximum atomic E-state index is 12.4. The third-order valence-electron chi connectivity index (χ3n) is 13.3. The normalized spacial score (nSPS) is 15.3. The van der Waals surface area contributed by atoms with E-state index in [1.807, 2.05) is 6.07 Å². The number of benzene rings is 6. The van der Waals surface area contributed by atoms with Gasteiger partial charge in [-0.1, -0.05) is 86.1 Å². The molecule has 2 aliphatic heterocycles. The van der Waals surface area contributed by atoms with Crippen molar-refractivity contribution in [3.63, 3.8) is 0 Å². The van der Waals surface area contributed by atoms with Gasteiger partial charge in [0.05, 0.1) is 57.0 Å². The summed E-state index contributed by atoms with van der Waals surface area (Å²) in [5.41, 5.74) is 5.56. The minimum atomic E-state index is -4.99. The van der Waals surface area contributed by atoms with Gasteiger partial charge in [-0.3, -0.25) is 0 Å². The molecule has 0 unspecified atom stereocenters. The molecule has 2 aliphatic rings. The van der Waals surface area contributed by atoms with E-state index in [4.69, 9.17) is 43.7 Å². The summed E-state index contributed by atoms with van der Waals surface area (Å²) in [6, 6.07) is 34.0. The van der Waals surface area contributed by atoms with Crippen LogP contribution in [-0.4, -0.2) is 88.7 Å². The van der Waals surface area contributed by atoms with E-state index in [1.54, 1.807) is 12.1 Å². The summed E-state index contributed by atoms with van der Waals surface area (Å²) in [7, 11) is -5.66. The van der Waals surface area contributed by atoms with Crippen molar-refractivity contribution >= 4 is 83.0 Å². The van der Waals surface area contributed by atoms with Crippen LogP contribution in [0.4, 0.5) is 11.4 Å². The zero-order valence-corrected chi connectivity index (χ0v) is 46.2. The molecule has 0 aromatic heterocycles. The van der Waals surface area contributed by atoms with Crippen LogP contribution in [0.5, 0.6) is 11.5 Å². The molecule has 0 atom stereocenters. The second-order valence-electron chi connectivity index (χ2n) is 18.9. The van der Waals surface area contributed by atoms with Gasteiger partial charge >= 0.3 is 11.9 Å². The third-order valence-corrected chi connectivity index (χ3v) is 15.4. The van der Waals surface area contributed by atoms with Crippen LogP contribution in [0.2, 0.25) is 5.02 Å². The van der Waals surface area contributed by atoms with Gasteiger partial charge in [-0.05, 0) is 91.5 Å². The van der Waals surface area contributed by atoms with Crippen LogP contribution in [-0.2, 0) is 40.5 Å². The van der Waals surface area contributed by atoms with Crippen LogP contribution in [0.15, 0.2) is 149 Å². The predicted octanol–water partition coefficient (Wildman–Crippen LogP) is 8.44. The van der Waals surface area contributed by atoms with Gasteiger partial charge in [0.1, 0.15) is 65.2 Å². The van der Waals surface area contributed by atoms with Gasteiger partial charge in [0.15, 0.2) is 5.71 Å². The summed E-state index contributed by atoms with van der Waals surface area (Å²) in [4.78, 5) is 31.8. The fraction of sp³-hybridized carbons (Fsp3) is 0.203. The van der Waals surface area contributed by atoms with E-state index >= 15 is 0 Å². The van der Waals surface area contributed by atoms with Crippen LogP contribution >= 0.6 is 11.6 Å². The molecule has 0 N–H and O–H groups in total. The predicted molar refractivity (Wildman–Crippen MR) is 295 cm³/mol. The summed E-state index contributed by atoms with van der Waals surface area (Å²) in [5, 5.41) is 22.1. The first kappa shape index (κ1) is 58.6. The second kappa shape index (κ2) is 23.9. The number of likely N-dealkylation sites (N-methyl/N-ethyl adjacent to an activating group) is 1. The number of esters is 2. The lowest BCUT2D eigenvalue weighted by Gasteiger charge is -2.23. The van der Waals surface area contributed by atoms with E-state index in [0.717, 1.165) is 41.4 Å². The van der Waals surface area contributed by atoms with Crippen molar-refractivity contribution in [3.05, 3.63) is 200 Å². The number of hydrogen-bond acceptors (Lipinski definition) is 15. The average molecular weight is 1130 g/mol. The summed E-state index contributed by atoms with van der Waals surface area (Å²) >= 11 is 6.31. The van der Waals surface area contributed by atoms with Crippen molar-refractivity contribution in [2.24, 2.45) is 0 Å². The van der Waals surface area contributed by atoms with Crippen LogP contribution in [0.3, 0.4) is 0 Å². The average Bonchev–Trinajstić information content (AvgIpc) is 3.82. The van der Waals surface area contributed by atoms with Crippen molar-refractivity contribution in [1.82, 2.24) is 0 Å². The van der Waals surface area contributed by atoms with Crippen molar-refractivity contribution < 1.29 is 59.1 Å². The Morgan fingerprint density at radius 2 is 1.20 bits per heavy atom. The first-order valence-electron chi connectivity index (χ1n) is 24.1. The number of halogens is 1. The molecule has 2 heterocycles. The fourth-order valence-electron chi connectivity index (χ4n) is 9.55. The van der Waals surface area contributed by atoms with Gasteiger partial charge in [0.2, 0.25) is 5.69 Å². The van der Waals surface area contributed by atoms with Crippen molar-refractivity contribution in [3.8, 4) is 23.6 Å². The Morgan fingerprint density at radius 3 is 1.70 bits per heavy atom. The molecule has 0 bridgehead atoms. The Balaban J connectivity index is 0.000000249. The minimum Gasteiger partial charge on any atom is -0.744 e. The Morgan fingerprint density at radius 1 is 0.700 bits per heavy atom. The SMILES string of the molecule is CN1C(=CC=CC2=[N+](C)c3c(ccc4ccccc34)C2(C)C)C(C)(C)c2cc(Cl)ccc21.[C-]#[N+]/C(C#N)=c1/cc(OCCOC(=O)c2ccccc2S(=O)(=O)[O-])/c(=C(\C#N)[N+]#[C-])cc1OCCOC(=O)c1ccccc1S(=O)(=O)[O-]. The van der Waals surface area contributed by atoms with E-state index in [2.05, 4.69) is 128 Å². The smallest absolute Gasteiger partial charge is 0.339 e. The number of hydrogen-bond donors (Lipinski definition) is 0.